The van der Waals surface area contributed by atoms with Crippen molar-refractivity contribution >= 4 is 22.9 Å². The number of nitrogens with one attached hydrogen (secondary N) is 1. The average Bonchev–Trinajstić information content (AvgIpc) is 3.10. The van der Waals surface area contributed by atoms with Crippen LogP contribution in [-0.2, 0) is 4.84 Å². The summed E-state index contributed by atoms with van der Waals surface area (Å²) in [5.74, 6) is 0.894. The molecule has 2 fully saturated rings. The van der Waals surface area contributed by atoms with E-state index in [-0.39, 0.29) is 5.96 Å². The molecule has 2 heterocycles. The minimum absolute atomic E-state index is 0.236. The van der Waals surface area contributed by atoms with E-state index in [1.807, 2.05) is 19.1 Å². The molecule has 2 aliphatic rings. The predicted molar refractivity (Wildman–Crippen MR) is 122 cm³/mol. The number of hydrogen-bond acceptors (Lipinski definition) is 4. The van der Waals surface area contributed by atoms with E-state index in [1.54, 1.807) is 0 Å². The van der Waals surface area contributed by atoms with Gasteiger partial charge in [-0.25, -0.2) is 10.5 Å². The topological polar surface area (TPSA) is 80.7 Å². The molecular formula is C23H36N6O. The van der Waals surface area contributed by atoms with Gasteiger partial charge in [-0.1, -0.05) is 44.2 Å². The van der Waals surface area contributed by atoms with E-state index in [9.17, 15) is 0 Å². The SMILES string of the molecule is CCONC(N)=Nc1nc2ccccc2n1C1CCN(C2CCCCCCC2)CC1. The summed E-state index contributed by atoms with van der Waals surface area (Å²) in [6, 6.07) is 9.43. The number of fused-ring (bicyclic) bond motifs is 1. The van der Waals surface area contributed by atoms with Gasteiger partial charge >= 0.3 is 0 Å². The molecule has 0 atom stereocenters. The van der Waals surface area contributed by atoms with Gasteiger partial charge in [0.05, 0.1) is 17.6 Å². The Kier molecular flexibility index (Phi) is 7.23. The standard InChI is InChI=1S/C23H36N6O/c1-2-30-27-22(24)26-23-25-20-12-8-9-13-21(20)29(23)19-14-16-28(17-15-19)18-10-6-4-3-5-7-11-18/h8-9,12-13,18-19H,2-7,10-11,14-17H2,1H3,(H3,24,25,26,27). The first-order chi connectivity index (χ1) is 14.8. The van der Waals surface area contributed by atoms with Gasteiger partial charge in [-0.15, -0.1) is 0 Å². The Morgan fingerprint density at radius 1 is 1.07 bits per heavy atom. The largest absolute Gasteiger partial charge is 0.368 e. The highest BCUT2D eigenvalue weighted by Crippen LogP contribution is 2.34. The molecule has 164 valence electrons. The van der Waals surface area contributed by atoms with E-state index in [1.165, 1.54) is 44.9 Å². The number of aromatic nitrogens is 2. The van der Waals surface area contributed by atoms with Crippen LogP contribution >= 0.6 is 0 Å². The van der Waals surface area contributed by atoms with Crippen LogP contribution in [0.25, 0.3) is 11.0 Å². The van der Waals surface area contributed by atoms with Gasteiger partial charge in [-0.05, 0) is 44.7 Å². The minimum atomic E-state index is 0.236. The molecule has 1 aromatic heterocycles. The Morgan fingerprint density at radius 3 is 2.50 bits per heavy atom. The summed E-state index contributed by atoms with van der Waals surface area (Å²) in [4.78, 5) is 17.2. The van der Waals surface area contributed by atoms with Crippen LogP contribution in [0.5, 0.6) is 0 Å². The van der Waals surface area contributed by atoms with Gasteiger partial charge in [0.25, 0.3) is 0 Å². The number of nitrogens with zero attached hydrogens (tertiary/aromatic N) is 4. The first-order valence-electron chi connectivity index (χ1n) is 11.7. The fraction of sp³-hybridized carbons (Fsp3) is 0.652. The molecule has 0 radical (unpaired) electrons. The van der Waals surface area contributed by atoms with E-state index in [2.05, 4.69) is 32.1 Å². The van der Waals surface area contributed by atoms with Gasteiger partial charge < -0.3 is 15.2 Å². The monoisotopic (exact) mass is 412 g/mol. The van der Waals surface area contributed by atoms with Gasteiger partial charge in [0.2, 0.25) is 11.9 Å². The number of para-hydroxylation sites is 2. The number of guanidine groups is 1. The third-order valence-electron chi connectivity index (χ3n) is 6.57. The molecule has 0 bridgehead atoms. The molecule has 1 saturated carbocycles. The highest BCUT2D eigenvalue weighted by atomic mass is 16.6. The van der Waals surface area contributed by atoms with Gasteiger partial charge in [-0.3, -0.25) is 4.84 Å². The second-order valence-corrected chi connectivity index (χ2v) is 8.57. The molecule has 0 unspecified atom stereocenters. The zero-order valence-corrected chi connectivity index (χ0v) is 18.2. The number of benzene rings is 1. The van der Waals surface area contributed by atoms with E-state index in [0.29, 0.717) is 18.6 Å². The van der Waals surface area contributed by atoms with Crippen LogP contribution in [0.1, 0.15) is 70.8 Å². The van der Waals surface area contributed by atoms with Gasteiger partial charge in [0.1, 0.15) is 0 Å². The van der Waals surface area contributed by atoms with E-state index in [0.717, 1.165) is 43.0 Å². The third-order valence-corrected chi connectivity index (χ3v) is 6.57. The fourth-order valence-corrected chi connectivity index (χ4v) is 5.06. The summed E-state index contributed by atoms with van der Waals surface area (Å²) in [7, 11) is 0. The summed E-state index contributed by atoms with van der Waals surface area (Å²) in [6.45, 7) is 4.72. The van der Waals surface area contributed by atoms with Crippen LogP contribution < -0.4 is 11.2 Å². The van der Waals surface area contributed by atoms with Gasteiger partial charge in [0, 0.05) is 25.2 Å². The zero-order chi connectivity index (χ0) is 20.8. The summed E-state index contributed by atoms with van der Waals surface area (Å²) in [5, 5.41) is 0. The lowest BCUT2D eigenvalue weighted by Crippen LogP contribution is -2.42. The smallest absolute Gasteiger partial charge is 0.234 e. The van der Waals surface area contributed by atoms with Crippen LogP contribution in [0.2, 0.25) is 0 Å². The summed E-state index contributed by atoms with van der Waals surface area (Å²) in [6.07, 6.45) is 12.0. The summed E-state index contributed by atoms with van der Waals surface area (Å²) in [5.41, 5.74) is 10.8. The van der Waals surface area contributed by atoms with Crippen molar-refractivity contribution in [1.82, 2.24) is 19.9 Å². The molecule has 7 nitrogen and oxygen atoms in total. The predicted octanol–water partition coefficient (Wildman–Crippen LogP) is 4.27. The molecule has 0 amide bonds. The lowest BCUT2D eigenvalue weighted by molar-refractivity contribution is 0.0959. The van der Waals surface area contributed by atoms with E-state index >= 15 is 0 Å². The zero-order valence-electron chi connectivity index (χ0n) is 18.2. The number of hydroxylamine groups is 1. The molecular weight excluding hydrogens is 376 g/mol. The maximum atomic E-state index is 6.01. The molecule has 3 N–H and O–H groups in total. The number of likely N-dealkylation sites (tertiary alicyclic amines) is 1. The first kappa shape index (κ1) is 21.1. The summed E-state index contributed by atoms with van der Waals surface area (Å²) < 4.78 is 2.28. The van der Waals surface area contributed by atoms with Crippen molar-refractivity contribution < 1.29 is 4.84 Å². The quantitative estimate of drug-likeness (QED) is 0.435. The van der Waals surface area contributed by atoms with Crippen molar-refractivity contribution in [1.29, 1.82) is 0 Å². The Balaban J connectivity index is 1.51. The van der Waals surface area contributed by atoms with Gasteiger partial charge in [-0.2, -0.15) is 4.99 Å². The lowest BCUT2D eigenvalue weighted by Gasteiger charge is -2.39. The van der Waals surface area contributed by atoms with Gasteiger partial charge in [0.15, 0.2) is 0 Å². The molecule has 0 spiro atoms. The summed E-state index contributed by atoms with van der Waals surface area (Å²) >= 11 is 0. The van der Waals surface area contributed by atoms with Crippen molar-refractivity contribution in [2.45, 2.75) is 76.8 Å². The third kappa shape index (κ3) is 4.95. The molecule has 1 aromatic carbocycles. The van der Waals surface area contributed by atoms with Crippen LogP contribution in [0.15, 0.2) is 29.3 Å². The van der Waals surface area contributed by atoms with Crippen LogP contribution in [0.4, 0.5) is 5.95 Å². The lowest BCUT2D eigenvalue weighted by atomic mass is 9.93. The van der Waals surface area contributed by atoms with E-state index < -0.39 is 0 Å². The van der Waals surface area contributed by atoms with Crippen molar-refractivity contribution in [3.05, 3.63) is 24.3 Å². The van der Waals surface area contributed by atoms with Crippen molar-refractivity contribution in [3.63, 3.8) is 0 Å². The molecule has 7 heteroatoms. The highest BCUT2D eigenvalue weighted by Gasteiger charge is 2.28. The molecule has 1 saturated heterocycles. The average molecular weight is 413 g/mol. The Bertz CT molecular complexity index is 831. The Hall–Kier alpha value is -2.12. The minimum Gasteiger partial charge on any atom is -0.368 e. The first-order valence-corrected chi connectivity index (χ1v) is 11.7. The van der Waals surface area contributed by atoms with Crippen molar-refractivity contribution in [3.8, 4) is 0 Å². The van der Waals surface area contributed by atoms with Crippen molar-refractivity contribution in [2.75, 3.05) is 19.7 Å². The van der Waals surface area contributed by atoms with E-state index in [4.69, 9.17) is 15.6 Å². The number of hydrogen-bond donors (Lipinski definition) is 2. The number of imidazole rings is 1. The molecule has 2 aromatic rings. The maximum absolute atomic E-state index is 6.01. The molecule has 1 aliphatic heterocycles. The highest BCUT2D eigenvalue weighted by molar-refractivity contribution is 5.82. The maximum Gasteiger partial charge on any atom is 0.234 e. The van der Waals surface area contributed by atoms with Crippen molar-refractivity contribution in [2.24, 2.45) is 10.7 Å². The van der Waals surface area contributed by atoms with Crippen LogP contribution in [-0.4, -0.2) is 46.1 Å². The normalized spacial score (nSPS) is 20.9. The number of piperidine rings is 1. The Labute approximate surface area is 179 Å². The number of aliphatic imine (C=N–C) groups is 1. The number of nitrogens with two attached hydrogens (primary N) is 1. The molecule has 1 aliphatic carbocycles. The van der Waals surface area contributed by atoms with Crippen LogP contribution in [0, 0.1) is 0 Å². The Morgan fingerprint density at radius 2 is 1.77 bits per heavy atom. The molecule has 4 rings (SSSR count). The second-order valence-electron chi connectivity index (χ2n) is 8.57. The molecule has 30 heavy (non-hydrogen) atoms. The second kappa shape index (κ2) is 10.3. The fourth-order valence-electron chi connectivity index (χ4n) is 5.06. The number of rotatable bonds is 5. The van der Waals surface area contributed by atoms with Crippen LogP contribution in [0.3, 0.4) is 0 Å².